The maximum atomic E-state index is 6.69. The molecule has 0 amide bonds. The van der Waals surface area contributed by atoms with E-state index in [-0.39, 0.29) is 0 Å². The Morgan fingerprint density at radius 2 is 0.926 bits per heavy atom. The van der Waals surface area contributed by atoms with Gasteiger partial charge in [-0.1, -0.05) is 152 Å². The zero-order valence-corrected chi connectivity index (χ0v) is 29.6. The first-order valence-corrected chi connectivity index (χ1v) is 18.7. The minimum absolute atomic E-state index is 0.610. The van der Waals surface area contributed by atoms with E-state index in [1.54, 1.807) is 0 Å². The van der Waals surface area contributed by atoms with Crippen LogP contribution in [0.1, 0.15) is 0 Å². The number of furan rings is 1. The Balaban J connectivity index is 1.11. The average molecular weight is 709 g/mol. The van der Waals surface area contributed by atoms with E-state index >= 15 is 0 Å². The molecule has 0 bridgehead atoms. The number of aromatic nitrogens is 4. The van der Waals surface area contributed by atoms with Gasteiger partial charge in [-0.15, -0.1) is 11.3 Å². The monoisotopic (exact) mass is 708 g/mol. The quantitative estimate of drug-likeness (QED) is 0.178. The highest BCUT2D eigenvalue weighted by atomic mass is 32.1. The van der Waals surface area contributed by atoms with Gasteiger partial charge in [-0.3, -0.25) is 0 Å². The Morgan fingerprint density at radius 1 is 0.389 bits per heavy atom. The van der Waals surface area contributed by atoms with Crippen LogP contribution in [0.5, 0.6) is 0 Å². The van der Waals surface area contributed by atoms with Crippen LogP contribution in [-0.2, 0) is 0 Å². The molecule has 0 atom stereocenters. The van der Waals surface area contributed by atoms with Gasteiger partial charge in [0.25, 0.3) is 0 Å². The molecule has 54 heavy (non-hydrogen) atoms. The SMILES string of the molecule is c1ccc(-c2nc(-c3ccccc3)nc(-c3ccc(-c4nc5c(-c6cccc7c6sc6ccccc67)cccc5c5oc6ccccc6c45)cc3)n2)cc1. The van der Waals surface area contributed by atoms with Gasteiger partial charge < -0.3 is 4.42 Å². The fourth-order valence-electron chi connectivity index (χ4n) is 7.59. The lowest BCUT2D eigenvalue weighted by atomic mass is 9.97. The summed E-state index contributed by atoms with van der Waals surface area (Å²) in [5.41, 5.74) is 9.44. The molecule has 0 aliphatic carbocycles. The van der Waals surface area contributed by atoms with Crippen molar-refractivity contribution in [1.29, 1.82) is 0 Å². The maximum Gasteiger partial charge on any atom is 0.164 e. The second-order valence-corrected chi connectivity index (χ2v) is 14.4. The molecule has 4 heterocycles. The highest BCUT2D eigenvalue weighted by Gasteiger charge is 2.21. The molecule has 6 heteroatoms. The second-order valence-electron chi connectivity index (χ2n) is 13.4. The van der Waals surface area contributed by atoms with Crippen LogP contribution in [0.4, 0.5) is 0 Å². The van der Waals surface area contributed by atoms with Gasteiger partial charge in [0.15, 0.2) is 17.5 Å². The number of para-hydroxylation sites is 2. The van der Waals surface area contributed by atoms with E-state index < -0.39 is 0 Å². The Kier molecular flexibility index (Phi) is 6.97. The number of nitrogens with zero attached hydrogens (tertiary/aromatic N) is 4. The van der Waals surface area contributed by atoms with Gasteiger partial charge in [0.2, 0.25) is 0 Å². The van der Waals surface area contributed by atoms with Crippen molar-refractivity contribution in [1.82, 2.24) is 19.9 Å². The number of hydrogen-bond donors (Lipinski definition) is 0. The molecule has 4 aromatic heterocycles. The highest BCUT2D eigenvalue weighted by Crippen LogP contribution is 2.45. The van der Waals surface area contributed by atoms with Crippen LogP contribution in [0, 0.1) is 0 Å². The number of fused-ring (bicyclic) bond motifs is 8. The fourth-order valence-corrected chi connectivity index (χ4v) is 8.82. The summed E-state index contributed by atoms with van der Waals surface area (Å²) in [4.78, 5) is 20.3. The first-order valence-electron chi connectivity index (χ1n) is 17.9. The van der Waals surface area contributed by atoms with Crippen molar-refractivity contribution < 1.29 is 4.42 Å². The average Bonchev–Trinajstić information content (AvgIpc) is 3.83. The normalized spacial score (nSPS) is 11.7. The van der Waals surface area contributed by atoms with E-state index in [2.05, 4.69) is 97.1 Å². The molecule has 5 nitrogen and oxygen atoms in total. The van der Waals surface area contributed by atoms with Crippen LogP contribution in [0.3, 0.4) is 0 Å². The highest BCUT2D eigenvalue weighted by molar-refractivity contribution is 7.26. The Labute approximate surface area is 313 Å². The van der Waals surface area contributed by atoms with Gasteiger partial charge in [0, 0.05) is 64.3 Å². The lowest BCUT2D eigenvalue weighted by Gasteiger charge is -2.12. The number of rotatable bonds is 5. The van der Waals surface area contributed by atoms with Crippen LogP contribution >= 0.6 is 11.3 Å². The van der Waals surface area contributed by atoms with E-state index in [1.807, 2.05) is 84.1 Å². The number of benzene rings is 7. The Morgan fingerprint density at radius 3 is 1.63 bits per heavy atom. The molecule has 0 N–H and O–H groups in total. The van der Waals surface area contributed by atoms with Crippen LogP contribution in [-0.4, -0.2) is 19.9 Å². The minimum Gasteiger partial charge on any atom is -0.455 e. The zero-order chi connectivity index (χ0) is 35.6. The topological polar surface area (TPSA) is 64.7 Å². The maximum absolute atomic E-state index is 6.69. The van der Waals surface area contributed by atoms with Gasteiger partial charge in [-0.2, -0.15) is 0 Å². The molecule has 0 aliphatic heterocycles. The molecular formula is C48H28N4OS. The Bertz CT molecular complexity index is 3150. The molecule has 0 fully saturated rings. The summed E-state index contributed by atoms with van der Waals surface area (Å²) in [5, 5.41) is 5.56. The van der Waals surface area contributed by atoms with Crippen LogP contribution in [0.2, 0.25) is 0 Å². The zero-order valence-electron chi connectivity index (χ0n) is 28.8. The third-order valence-electron chi connectivity index (χ3n) is 10.1. The van der Waals surface area contributed by atoms with Crippen molar-refractivity contribution in [2.75, 3.05) is 0 Å². The third-order valence-corrected chi connectivity index (χ3v) is 11.4. The Hall–Kier alpha value is -7.02. The molecule has 11 aromatic rings. The molecule has 0 saturated carbocycles. The van der Waals surface area contributed by atoms with Gasteiger partial charge >= 0.3 is 0 Å². The summed E-state index contributed by atoms with van der Waals surface area (Å²) >= 11 is 1.83. The van der Waals surface area contributed by atoms with Gasteiger partial charge in [-0.25, -0.2) is 19.9 Å². The summed E-state index contributed by atoms with van der Waals surface area (Å²) < 4.78 is 9.23. The van der Waals surface area contributed by atoms with Crippen LogP contribution in [0.25, 0.3) is 110 Å². The predicted molar refractivity (Wildman–Crippen MR) is 222 cm³/mol. The molecule has 0 unspecified atom stereocenters. The van der Waals surface area contributed by atoms with Crippen molar-refractivity contribution in [2.45, 2.75) is 0 Å². The molecule has 0 saturated heterocycles. The third kappa shape index (κ3) is 4.92. The second kappa shape index (κ2) is 12.3. The van der Waals surface area contributed by atoms with E-state index in [4.69, 9.17) is 24.4 Å². The summed E-state index contributed by atoms with van der Waals surface area (Å²) in [5.74, 6) is 1.87. The summed E-state index contributed by atoms with van der Waals surface area (Å²) in [6.45, 7) is 0. The molecule has 0 aliphatic rings. The van der Waals surface area contributed by atoms with Gasteiger partial charge in [0.1, 0.15) is 11.2 Å². The molecule has 0 radical (unpaired) electrons. The van der Waals surface area contributed by atoms with Crippen molar-refractivity contribution in [3.63, 3.8) is 0 Å². The number of pyridine rings is 1. The minimum atomic E-state index is 0.610. The number of hydrogen-bond acceptors (Lipinski definition) is 6. The molecule has 11 rings (SSSR count). The van der Waals surface area contributed by atoms with Gasteiger partial charge in [-0.05, 0) is 18.2 Å². The molecule has 252 valence electrons. The van der Waals surface area contributed by atoms with Crippen LogP contribution in [0.15, 0.2) is 174 Å². The first-order chi connectivity index (χ1) is 26.8. The summed E-state index contributed by atoms with van der Waals surface area (Å²) in [6, 6.07) is 58.4. The van der Waals surface area contributed by atoms with Crippen LogP contribution < -0.4 is 0 Å². The summed E-state index contributed by atoms with van der Waals surface area (Å²) in [6.07, 6.45) is 0. The van der Waals surface area contributed by atoms with E-state index in [1.165, 1.54) is 25.7 Å². The standard InChI is InChI=1S/C48H28N4OS/c1-3-13-30(14-4-1)46-50-47(31-15-5-2-6-16-31)52-48(51-46)32-27-25-29(26-28-32)42-41-37-18-7-9-23-39(37)53-44(41)38-22-11-19-34(43(38)49-42)36-21-12-20-35-33-17-8-10-24-40(33)54-45(35)36/h1-28H. The van der Waals surface area contributed by atoms with E-state index in [0.29, 0.717) is 17.5 Å². The summed E-state index contributed by atoms with van der Waals surface area (Å²) in [7, 11) is 0. The lowest BCUT2D eigenvalue weighted by Crippen LogP contribution is -2.00. The lowest BCUT2D eigenvalue weighted by molar-refractivity contribution is 0.672. The fraction of sp³-hybridized carbons (Fsp3) is 0. The number of thiophene rings is 1. The van der Waals surface area contributed by atoms with Gasteiger partial charge in [0.05, 0.1) is 16.6 Å². The smallest absolute Gasteiger partial charge is 0.164 e. The molecule has 0 spiro atoms. The molecular weight excluding hydrogens is 681 g/mol. The molecule has 7 aromatic carbocycles. The van der Waals surface area contributed by atoms with E-state index in [0.717, 1.165) is 66.4 Å². The predicted octanol–water partition coefficient (Wildman–Crippen LogP) is 13.0. The largest absolute Gasteiger partial charge is 0.455 e. The van der Waals surface area contributed by atoms with Crippen molar-refractivity contribution in [3.05, 3.63) is 170 Å². The van der Waals surface area contributed by atoms with Crippen molar-refractivity contribution in [3.8, 4) is 56.5 Å². The van der Waals surface area contributed by atoms with E-state index in [9.17, 15) is 0 Å². The first kappa shape index (κ1) is 30.6. The van der Waals surface area contributed by atoms with Crippen molar-refractivity contribution >= 4 is 64.4 Å². The van der Waals surface area contributed by atoms with Crippen molar-refractivity contribution in [2.24, 2.45) is 0 Å².